The van der Waals surface area contributed by atoms with E-state index in [1.165, 1.54) is 0 Å². The van der Waals surface area contributed by atoms with Crippen molar-refractivity contribution < 1.29 is 9.59 Å². The zero-order valence-corrected chi connectivity index (χ0v) is 10.9. The number of carbonyl (C=O) groups excluding carboxylic acids is 2. The van der Waals surface area contributed by atoms with E-state index in [0.717, 1.165) is 18.8 Å². The van der Waals surface area contributed by atoms with E-state index in [-0.39, 0.29) is 5.91 Å². The van der Waals surface area contributed by atoms with Gasteiger partial charge >= 0.3 is 0 Å². The molecule has 1 aromatic carbocycles. The molecule has 1 aliphatic rings. The van der Waals surface area contributed by atoms with E-state index >= 15 is 0 Å². The normalized spacial score (nSPS) is 15.4. The maximum Gasteiger partial charge on any atom is 0.250 e. The highest BCUT2D eigenvalue weighted by Gasteiger charge is 2.19. The number of nitrogen functional groups attached to an aromatic ring is 1. The van der Waals surface area contributed by atoms with E-state index in [1.54, 1.807) is 19.1 Å². The molecular formula is C13H18N4O2. The number of primary amides is 1. The van der Waals surface area contributed by atoms with Crippen LogP contribution in [0.4, 0.5) is 11.4 Å². The number of carbonyl (C=O) groups is 2. The molecule has 0 spiro atoms. The van der Waals surface area contributed by atoms with Gasteiger partial charge in [0.1, 0.15) is 0 Å². The summed E-state index contributed by atoms with van der Waals surface area (Å²) >= 11 is 0. The minimum Gasteiger partial charge on any atom is -0.398 e. The van der Waals surface area contributed by atoms with Crippen LogP contribution >= 0.6 is 0 Å². The van der Waals surface area contributed by atoms with E-state index in [4.69, 9.17) is 11.5 Å². The van der Waals surface area contributed by atoms with Gasteiger partial charge < -0.3 is 21.3 Å². The Kier molecular flexibility index (Phi) is 3.59. The number of piperazine rings is 1. The molecule has 2 amide bonds. The highest BCUT2D eigenvalue weighted by Crippen LogP contribution is 2.22. The molecular weight excluding hydrogens is 244 g/mol. The van der Waals surface area contributed by atoms with Crippen LogP contribution in [0.1, 0.15) is 17.3 Å². The van der Waals surface area contributed by atoms with Crippen molar-refractivity contribution in [2.45, 2.75) is 6.92 Å². The Hall–Kier alpha value is -2.24. The van der Waals surface area contributed by atoms with Crippen molar-refractivity contribution in [1.82, 2.24) is 4.90 Å². The van der Waals surface area contributed by atoms with Crippen molar-refractivity contribution in [3.8, 4) is 0 Å². The van der Waals surface area contributed by atoms with Gasteiger partial charge in [-0.05, 0) is 18.2 Å². The minimum absolute atomic E-state index is 0.0924. The largest absolute Gasteiger partial charge is 0.398 e. The Morgan fingerprint density at radius 1 is 1.16 bits per heavy atom. The molecule has 0 unspecified atom stereocenters. The summed E-state index contributed by atoms with van der Waals surface area (Å²) in [6.07, 6.45) is 0. The zero-order valence-electron chi connectivity index (χ0n) is 10.9. The first-order valence-electron chi connectivity index (χ1n) is 6.19. The van der Waals surface area contributed by atoms with E-state index < -0.39 is 5.91 Å². The SMILES string of the molecule is CC(=O)N1CCN(c2ccc(N)c(C(N)=O)c2)CC1. The van der Waals surface area contributed by atoms with Crippen LogP contribution in [-0.2, 0) is 4.79 Å². The number of benzene rings is 1. The van der Waals surface area contributed by atoms with E-state index in [9.17, 15) is 9.59 Å². The standard InChI is InChI=1S/C13H18N4O2/c1-9(18)16-4-6-17(7-5-16)10-2-3-12(14)11(8-10)13(15)19/h2-3,8H,4-7,14H2,1H3,(H2,15,19). The predicted molar refractivity (Wildman–Crippen MR) is 73.8 cm³/mol. The van der Waals surface area contributed by atoms with E-state index in [2.05, 4.69) is 4.90 Å². The van der Waals surface area contributed by atoms with Crippen molar-refractivity contribution in [3.05, 3.63) is 23.8 Å². The number of hydrogen-bond donors (Lipinski definition) is 2. The summed E-state index contributed by atoms with van der Waals surface area (Å²) in [7, 11) is 0. The smallest absolute Gasteiger partial charge is 0.250 e. The molecule has 2 rings (SSSR count). The number of anilines is 2. The Labute approximate surface area is 112 Å². The molecule has 0 aliphatic carbocycles. The van der Waals surface area contributed by atoms with Crippen molar-refractivity contribution in [2.75, 3.05) is 36.8 Å². The van der Waals surface area contributed by atoms with Crippen molar-refractivity contribution in [3.63, 3.8) is 0 Å². The van der Waals surface area contributed by atoms with Gasteiger partial charge in [-0.1, -0.05) is 0 Å². The molecule has 1 fully saturated rings. The molecule has 0 saturated carbocycles. The fourth-order valence-electron chi connectivity index (χ4n) is 2.23. The summed E-state index contributed by atoms with van der Waals surface area (Å²) in [6, 6.07) is 5.26. The number of amides is 2. The number of nitrogens with two attached hydrogens (primary N) is 2. The van der Waals surface area contributed by atoms with Gasteiger partial charge in [-0.2, -0.15) is 0 Å². The van der Waals surface area contributed by atoms with Gasteiger partial charge in [0.15, 0.2) is 0 Å². The molecule has 1 heterocycles. The molecule has 1 saturated heterocycles. The summed E-state index contributed by atoms with van der Waals surface area (Å²) in [5.74, 6) is -0.434. The lowest BCUT2D eigenvalue weighted by Crippen LogP contribution is -2.48. The second kappa shape index (κ2) is 5.17. The summed E-state index contributed by atoms with van der Waals surface area (Å²) in [5, 5.41) is 0. The summed E-state index contributed by atoms with van der Waals surface area (Å²) in [4.78, 5) is 26.5. The lowest BCUT2D eigenvalue weighted by molar-refractivity contribution is -0.129. The topological polar surface area (TPSA) is 92.7 Å². The van der Waals surface area contributed by atoms with Gasteiger partial charge in [0, 0.05) is 44.5 Å². The molecule has 4 N–H and O–H groups in total. The van der Waals surface area contributed by atoms with Gasteiger partial charge in [0.2, 0.25) is 5.91 Å². The van der Waals surface area contributed by atoms with Crippen LogP contribution in [0.25, 0.3) is 0 Å². The third-order valence-electron chi connectivity index (χ3n) is 3.39. The van der Waals surface area contributed by atoms with E-state index in [0.29, 0.717) is 24.3 Å². The molecule has 1 aromatic rings. The molecule has 0 atom stereocenters. The molecule has 0 radical (unpaired) electrons. The van der Waals surface area contributed by atoms with Crippen LogP contribution in [0.3, 0.4) is 0 Å². The van der Waals surface area contributed by atoms with Crippen LogP contribution in [0, 0.1) is 0 Å². The van der Waals surface area contributed by atoms with Gasteiger partial charge in [-0.3, -0.25) is 9.59 Å². The maximum atomic E-state index is 11.3. The minimum atomic E-state index is -0.526. The van der Waals surface area contributed by atoms with Crippen LogP contribution in [0.15, 0.2) is 18.2 Å². The summed E-state index contributed by atoms with van der Waals surface area (Å²) < 4.78 is 0. The van der Waals surface area contributed by atoms with E-state index in [1.807, 2.05) is 11.0 Å². The van der Waals surface area contributed by atoms with Crippen LogP contribution in [0.2, 0.25) is 0 Å². The highest BCUT2D eigenvalue weighted by molar-refractivity contribution is 5.99. The number of nitrogens with zero attached hydrogens (tertiary/aromatic N) is 2. The number of rotatable bonds is 2. The lowest BCUT2D eigenvalue weighted by atomic mass is 10.1. The summed E-state index contributed by atoms with van der Waals surface area (Å²) in [6.45, 7) is 4.42. The monoisotopic (exact) mass is 262 g/mol. The predicted octanol–water partition coefficient (Wildman–Crippen LogP) is 0.0362. The second-order valence-electron chi connectivity index (χ2n) is 4.63. The Balaban J connectivity index is 2.14. The number of hydrogen-bond acceptors (Lipinski definition) is 4. The van der Waals surface area contributed by atoms with Crippen LogP contribution < -0.4 is 16.4 Å². The quantitative estimate of drug-likeness (QED) is 0.736. The fraction of sp³-hybridized carbons (Fsp3) is 0.385. The van der Waals surface area contributed by atoms with Gasteiger partial charge in [-0.25, -0.2) is 0 Å². The van der Waals surface area contributed by atoms with Crippen LogP contribution in [0.5, 0.6) is 0 Å². The second-order valence-corrected chi connectivity index (χ2v) is 4.63. The zero-order chi connectivity index (χ0) is 14.0. The molecule has 0 bridgehead atoms. The third-order valence-corrected chi connectivity index (χ3v) is 3.39. The highest BCUT2D eigenvalue weighted by atomic mass is 16.2. The van der Waals surface area contributed by atoms with Crippen molar-refractivity contribution in [2.24, 2.45) is 5.73 Å². The van der Waals surface area contributed by atoms with Gasteiger partial charge in [-0.15, -0.1) is 0 Å². The van der Waals surface area contributed by atoms with Gasteiger partial charge in [0.05, 0.1) is 5.56 Å². The van der Waals surface area contributed by atoms with Crippen molar-refractivity contribution in [1.29, 1.82) is 0 Å². The molecule has 1 aliphatic heterocycles. The Morgan fingerprint density at radius 2 is 1.79 bits per heavy atom. The lowest BCUT2D eigenvalue weighted by Gasteiger charge is -2.35. The molecule has 6 heteroatoms. The molecule has 102 valence electrons. The molecule has 0 aromatic heterocycles. The summed E-state index contributed by atoms with van der Waals surface area (Å²) in [5.41, 5.74) is 12.6. The Morgan fingerprint density at radius 3 is 2.32 bits per heavy atom. The first-order valence-corrected chi connectivity index (χ1v) is 6.19. The average Bonchev–Trinajstić information content (AvgIpc) is 2.39. The molecule has 6 nitrogen and oxygen atoms in total. The first-order chi connectivity index (χ1) is 8.99. The third kappa shape index (κ3) is 2.78. The fourth-order valence-corrected chi connectivity index (χ4v) is 2.23. The average molecular weight is 262 g/mol. The van der Waals surface area contributed by atoms with Crippen LogP contribution in [-0.4, -0.2) is 42.9 Å². The van der Waals surface area contributed by atoms with Gasteiger partial charge in [0.25, 0.3) is 5.91 Å². The maximum absolute atomic E-state index is 11.3. The molecule has 19 heavy (non-hydrogen) atoms. The first kappa shape index (κ1) is 13.2. The Bertz CT molecular complexity index is 507. The van der Waals surface area contributed by atoms with Crippen molar-refractivity contribution >= 4 is 23.2 Å².